The van der Waals surface area contributed by atoms with E-state index < -0.39 is 0 Å². The lowest BCUT2D eigenvalue weighted by Gasteiger charge is -2.49. The van der Waals surface area contributed by atoms with Crippen LogP contribution in [0.4, 0.5) is 0 Å². The van der Waals surface area contributed by atoms with Gasteiger partial charge in [-0.1, -0.05) is 6.42 Å². The number of rotatable bonds is 3. The van der Waals surface area contributed by atoms with Crippen molar-refractivity contribution in [1.29, 1.82) is 0 Å². The molecular weight excluding hydrogens is 212 g/mol. The van der Waals surface area contributed by atoms with Crippen LogP contribution in [0.1, 0.15) is 38.5 Å². The van der Waals surface area contributed by atoms with E-state index in [2.05, 4.69) is 4.90 Å². The largest absolute Gasteiger partial charge is 0.381 e. The maximum atomic E-state index is 6.18. The zero-order valence-corrected chi connectivity index (χ0v) is 11.0. The molecule has 3 heteroatoms. The summed E-state index contributed by atoms with van der Waals surface area (Å²) in [6.45, 7) is 3.25. The van der Waals surface area contributed by atoms with E-state index in [1.54, 1.807) is 0 Å². The molecule has 0 aromatic rings. The molecule has 0 aromatic heterocycles. The molecule has 2 aliphatic carbocycles. The van der Waals surface area contributed by atoms with Crippen molar-refractivity contribution in [3.8, 4) is 0 Å². The van der Waals surface area contributed by atoms with Gasteiger partial charge in [0.25, 0.3) is 0 Å². The Morgan fingerprint density at radius 2 is 2.00 bits per heavy atom. The molecule has 98 valence electrons. The minimum atomic E-state index is 0.363. The smallest absolute Gasteiger partial charge is 0.0595 e. The van der Waals surface area contributed by atoms with E-state index in [1.165, 1.54) is 51.6 Å². The Labute approximate surface area is 105 Å². The first kappa shape index (κ1) is 11.9. The van der Waals surface area contributed by atoms with E-state index in [0.29, 0.717) is 11.6 Å². The second-order valence-corrected chi connectivity index (χ2v) is 6.31. The summed E-state index contributed by atoms with van der Waals surface area (Å²) in [5.74, 6) is 1.86. The SMILES string of the molecule is COC1CCN(C2(CN)CC3CCC2C3)CC1. The van der Waals surface area contributed by atoms with E-state index in [0.717, 1.165) is 18.4 Å². The summed E-state index contributed by atoms with van der Waals surface area (Å²) in [6.07, 6.45) is 8.56. The summed E-state index contributed by atoms with van der Waals surface area (Å²) in [4.78, 5) is 2.71. The molecule has 2 N–H and O–H groups in total. The lowest BCUT2D eigenvalue weighted by molar-refractivity contribution is -0.0233. The van der Waals surface area contributed by atoms with Crippen LogP contribution in [0.3, 0.4) is 0 Å². The standard InChI is InChI=1S/C14H26N2O/c1-17-13-4-6-16(7-5-13)14(10-15)9-11-2-3-12(14)8-11/h11-13H,2-10,15H2,1H3. The van der Waals surface area contributed by atoms with E-state index in [1.807, 2.05) is 7.11 Å². The number of ether oxygens (including phenoxy) is 1. The van der Waals surface area contributed by atoms with E-state index in [-0.39, 0.29) is 0 Å². The topological polar surface area (TPSA) is 38.5 Å². The molecule has 1 saturated heterocycles. The molecule has 3 rings (SSSR count). The summed E-state index contributed by atoms with van der Waals surface area (Å²) in [6, 6.07) is 0. The number of methoxy groups -OCH3 is 1. The monoisotopic (exact) mass is 238 g/mol. The first-order valence-corrected chi connectivity index (χ1v) is 7.26. The van der Waals surface area contributed by atoms with Gasteiger partial charge >= 0.3 is 0 Å². The molecule has 17 heavy (non-hydrogen) atoms. The molecule has 0 spiro atoms. The zero-order chi connectivity index (χ0) is 11.9. The number of piperidine rings is 1. The van der Waals surface area contributed by atoms with E-state index in [4.69, 9.17) is 10.5 Å². The first-order valence-electron chi connectivity index (χ1n) is 7.26. The van der Waals surface area contributed by atoms with Crippen LogP contribution in [0.25, 0.3) is 0 Å². The number of hydrogen-bond donors (Lipinski definition) is 1. The third kappa shape index (κ3) is 1.83. The molecule has 3 unspecified atom stereocenters. The summed E-state index contributed by atoms with van der Waals surface area (Å²) < 4.78 is 5.47. The van der Waals surface area contributed by atoms with Crippen molar-refractivity contribution >= 4 is 0 Å². The predicted octanol–water partition coefficient (Wildman–Crippen LogP) is 1.61. The van der Waals surface area contributed by atoms with Crippen molar-refractivity contribution in [3.05, 3.63) is 0 Å². The highest BCUT2D eigenvalue weighted by Gasteiger charge is 2.53. The van der Waals surface area contributed by atoms with Gasteiger partial charge in [-0.15, -0.1) is 0 Å². The van der Waals surface area contributed by atoms with Crippen molar-refractivity contribution in [2.45, 2.75) is 50.2 Å². The van der Waals surface area contributed by atoms with Crippen LogP contribution in [0.5, 0.6) is 0 Å². The summed E-state index contributed by atoms with van der Waals surface area (Å²) in [5.41, 5.74) is 6.54. The molecule has 0 amide bonds. The number of nitrogens with two attached hydrogens (primary N) is 1. The minimum absolute atomic E-state index is 0.363. The lowest BCUT2D eigenvalue weighted by atomic mass is 9.78. The molecule has 3 aliphatic rings. The normalized spacial score (nSPS) is 43.4. The zero-order valence-electron chi connectivity index (χ0n) is 11.0. The third-order valence-electron chi connectivity index (χ3n) is 5.70. The van der Waals surface area contributed by atoms with Gasteiger partial charge < -0.3 is 10.5 Å². The molecule has 1 heterocycles. The third-order valence-corrected chi connectivity index (χ3v) is 5.70. The molecule has 0 radical (unpaired) electrons. The maximum absolute atomic E-state index is 6.18. The summed E-state index contributed by atoms with van der Waals surface area (Å²) >= 11 is 0. The molecule has 3 nitrogen and oxygen atoms in total. The van der Waals surface area contributed by atoms with E-state index in [9.17, 15) is 0 Å². The Balaban J connectivity index is 1.70. The highest BCUT2D eigenvalue weighted by atomic mass is 16.5. The number of fused-ring (bicyclic) bond motifs is 2. The van der Waals surface area contributed by atoms with Crippen LogP contribution in [0.2, 0.25) is 0 Å². The Bertz CT molecular complexity index is 275. The molecule has 3 fully saturated rings. The van der Waals surface area contributed by atoms with Crippen LogP contribution in [-0.4, -0.2) is 43.3 Å². The van der Waals surface area contributed by atoms with E-state index >= 15 is 0 Å². The first-order chi connectivity index (χ1) is 8.28. The van der Waals surface area contributed by atoms with Crippen molar-refractivity contribution in [3.63, 3.8) is 0 Å². The Hall–Kier alpha value is -0.120. The van der Waals surface area contributed by atoms with Gasteiger partial charge in [0, 0.05) is 32.3 Å². The average molecular weight is 238 g/mol. The minimum Gasteiger partial charge on any atom is -0.381 e. The highest BCUT2D eigenvalue weighted by molar-refractivity contribution is 5.08. The maximum Gasteiger partial charge on any atom is 0.0595 e. The van der Waals surface area contributed by atoms with Crippen molar-refractivity contribution < 1.29 is 4.74 Å². The van der Waals surface area contributed by atoms with Gasteiger partial charge in [-0.2, -0.15) is 0 Å². The molecule has 2 bridgehead atoms. The fraction of sp³-hybridized carbons (Fsp3) is 1.00. The Morgan fingerprint density at radius 1 is 1.24 bits per heavy atom. The number of hydrogen-bond acceptors (Lipinski definition) is 3. The van der Waals surface area contributed by atoms with Crippen LogP contribution >= 0.6 is 0 Å². The van der Waals surface area contributed by atoms with Gasteiger partial charge in [-0.05, 0) is 43.9 Å². The molecular formula is C14H26N2O. The van der Waals surface area contributed by atoms with Crippen molar-refractivity contribution in [2.75, 3.05) is 26.7 Å². The van der Waals surface area contributed by atoms with Crippen molar-refractivity contribution in [2.24, 2.45) is 17.6 Å². The Kier molecular flexibility index (Phi) is 3.18. The predicted molar refractivity (Wildman–Crippen MR) is 68.8 cm³/mol. The van der Waals surface area contributed by atoms with Crippen molar-refractivity contribution in [1.82, 2.24) is 4.90 Å². The second kappa shape index (κ2) is 4.52. The molecule has 3 atom stereocenters. The van der Waals surface area contributed by atoms with Gasteiger partial charge in [0.1, 0.15) is 0 Å². The van der Waals surface area contributed by atoms with Gasteiger partial charge in [0.05, 0.1) is 6.10 Å². The van der Waals surface area contributed by atoms with Crippen LogP contribution in [0.15, 0.2) is 0 Å². The van der Waals surface area contributed by atoms with Gasteiger partial charge in [0.15, 0.2) is 0 Å². The van der Waals surface area contributed by atoms with Gasteiger partial charge in [-0.25, -0.2) is 0 Å². The average Bonchev–Trinajstić information content (AvgIpc) is 2.99. The number of likely N-dealkylation sites (tertiary alicyclic amines) is 1. The summed E-state index contributed by atoms with van der Waals surface area (Å²) in [7, 11) is 1.84. The second-order valence-electron chi connectivity index (χ2n) is 6.31. The van der Waals surface area contributed by atoms with Gasteiger partial charge in [-0.3, -0.25) is 4.90 Å². The quantitative estimate of drug-likeness (QED) is 0.812. The molecule has 0 aromatic carbocycles. The van der Waals surface area contributed by atoms with Crippen LogP contribution < -0.4 is 5.73 Å². The fourth-order valence-corrected chi connectivity index (χ4v) is 4.72. The Morgan fingerprint density at radius 3 is 2.47 bits per heavy atom. The molecule has 2 saturated carbocycles. The summed E-state index contributed by atoms with van der Waals surface area (Å²) in [5, 5.41) is 0. The fourth-order valence-electron chi connectivity index (χ4n) is 4.72. The van der Waals surface area contributed by atoms with Gasteiger partial charge in [0.2, 0.25) is 0 Å². The lowest BCUT2D eigenvalue weighted by Crippen LogP contribution is -2.59. The highest BCUT2D eigenvalue weighted by Crippen LogP contribution is 2.53. The number of nitrogens with zero attached hydrogens (tertiary/aromatic N) is 1. The van der Waals surface area contributed by atoms with Crippen LogP contribution in [-0.2, 0) is 4.74 Å². The van der Waals surface area contributed by atoms with Crippen LogP contribution in [0, 0.1) is 11.8 Å². The molecule has 1 aliphatic heterocycles.